The van der Waals surface area contributed by atoms with Crippen molar-refractivity contribution in [1.29, 1.82) is 0 Å². The van der Waals surface area contributed by atoms with Crippen LogP contribution in [-0.4, -0.2) is 44.5 Å². The van der Waals surface area contributed by atoms with Crippen molar-refractivity contribution in [1.82, 2.24) is 14.6 Å². The van der Waals surface area contributed by atoms with Gasteiger partial charge < -0.3 is 4.74 Å². The van der Waals surface area contributed by atoms with Crippen molar-refractivity contribution in [3.8, 4) is 5.75 Å². The van der Waals surface area contributed by atoms with Crippen LogP contribution in [0.4, 0.5) is 0 Å². The fourth-order valence-electron chi connectivity index (χ4n) is 6.91. The van der Waals surface area contributed by atoms with Gasteiger partial charge in [0.2, 0.25) is 10.0 Å². The molecule has 0 amide bonds. The summed E-state index contributed by atoms with van der Waals surface area (Å²) in [6.45, 7) is 18.6. The highest BCUT2D eigenvalue weighted by Gasteiger charge is 2.44. The quantitative estimate of drug-likeness (QED) is 0.248. The molecule has 5 atom stereocenters. The van der Waals surface area contributed by atoms with E-state index in [2.05, 4.69) is 76.0 Å². The number of hydrogen-bond acceptors (Lipinski definition) is 5. The van der Waals surface area contributed by atoms with E-state index in [4.69, 9.17) is 9.72 Å². The number of pyridine rings is 1. The third kappa shape index (κ3) is 5.88. The highest BCUT2D eigenvalue weighted by molar-refractivity contribution is 7.89. The van der Waals surface area contributed by atoms with Crippen LogP contribution in [0.25, 0.3) is 10.9 Å². The summed E-state index contributed by atoms with van der Waals surface area (Å²) < 4.78 is 38.0. The van der Waals surface area contributed by atoms with Gasteiger partial charge in [-0.2, -0.15) is 0 Å². The fourth-order valence-corrected chi connectivity index (χ4v) is 8.85. The van der Waals surface area contributed by atoms with Crippen LogP contribution in [0, 0.1) is 11.8 Å². The van der Waals surface area contributed by atoms with Gasteiger partial charge in [0.1, 0.15) is 5.75 Å². The zero-order valence-electron chi connectivity index (χ0n) is 26.2. The molecule has 5 unspecified atom stereocenters. The molecule has 1 aromatic heterocycles. The monoisotopic (exact) mass is 589 g/mol. The minimum atomic E-state index is -3.91. The first-order chi connectivity index (χ1) is 19.9. The van der Waals surface area contributed by atoms with Crippen LogP contribution in [0.1, 0.15) is 101 Å². The van der Waals surface area contributed by atoms with E-state index < -0.39 is 16.1 Å². The molecule has 0 spiro atoms. The van der Waals surface area contributed by atoms with Gasteiger partial charge >= 0.3 is 0 Å². The molecule has 3 aliphatic rings. The molecule has 3 aliphatic heterocycles. The summed E-state index contributed by atoms with van der Waals surface area (Å²) in [7, 11) is -2.25. The van der Waals surface area contributed by atoms with Crippen LogP contribution < -0.4 is 9.46 Å². The number of methoxy groups -OCH3 is 1. The van der Waals surface area contributed by atoms with Crippen LogP contribution in [0.3, 0.4) is 0 Å². The van der Waals surface area contributed by atoms with Gasteiger partial charge in [0, 0.05) is 18.0 Å². The van der Waals surface area contributed by atoms with Crippen molar-refractivity contribution in [2.24, 2.45) is 11.8 Å². The van der Waals surface area contributed by atoms with Crippen LogP contribution >= 0.6 is 0 Å². The number of hydrogen-bond donors (Lipinski definition) is 1. The first-order valence-corrected chi connectivity index (χ1v) is 16.9. The highest BCUT2D eigenvalue weighted by atomic mass is 32.2. The number of rotatable bonds is 10. The number of aromatic nitrogens is 1. The zero-order valence-corrected chi connectivity index (χ0v) is 27.0. The van der Waals surface area contributed by atoms with Gasteiger partial charge in [0.25, 0.3) is 0 Å². The van der Waals surface area contributed by atoms with E-state index in [1.807, 2.05) is 30.3 Å². The Bertz CT molecular complexity index is 1530. The Labute approximate surface area is 252 Å². The molecule has 2 aromatic carbocycles. The normalized spacial score (nSPS) is 23.2. The molecular weight excluding hydrogens is 542 g/mol. The fraction of sp³-hybridized carbons (Fsp3) is 0.514. The Balaban J connectivity index is 1.63. The Morgan fingerprint density at radius 3 is 2.24 bits per heavy atom. The highest BCUT2D eigenvalue weighted by Crippen LogP contribution is 2.42. The van der Waals surface area contributed by atoms with Crippen molar-refractivity contribution in [2.45, 2.75) is 89.1 Å². The molecule has 6 nitrogen and oxygen atoms in total. The average Bonchev–Trinajstić information content (AvgIpc) is 2.98. The molecule has 42 heavy (non-hydrogen) atoms. The number of benzene rings is 2. The standard InChI is InChI=1S/C35H47N3O3S/c1-9-24-20-38-15-14-25(24)19-33(38)34(32-12-10-26-16-28(41-8)11-13-31(26)36-32)37-42(39,40)35-29(22(4)5)17-27(21(2)3)18-30(35)23(6)7/h9-13,16-18,21-25,33-34,37H,1,14-15,19-20H2,2-8H3. The van der Waals surface area contributed by atoms with E-state index in [9.17, 15) is 8.42 Å². The van der Waals surface area contributed by atoms with E-state index in [-0.39, 0.29) is 17.9 Å². The summed E-state index contributed by atoms with van der Waals surface area (Å²) in [6, 6.07) is 13.6. The van der Waals surface area contributed by atoms with Crippen molar-refractivity contribution in [3.05, 3.63) is 77.5 Å². The topological polar surface area (TPSA) is 71.5 Å². The molecule has 0 radical (unpaired) electrons. The second-order valence-corrected chi connectivity index (χ2v) is 14.8. The van der Waals surface area contributed by atoms with Crippen LogP contribution in [0.2, 0.25) is 0 Å². The Morgan fingerprint density at radius 2 is 1.69 bits per heavy atom. The number of nitrogens with one attached hydrogen (secondary N) is 1. The van der Waals surface area contributed by atoms with Gasteiger partial charge in [-0.3, -0.25) is 9.88 Å². The van der Waals surface area contributed by atoms with E-state index in [1.54, 1.807) is 7.11 Å². The van der Waals surface area contributed by atoms with Crippen molar-refractivity contribution in [2.75, 3.05) is 20.2 Å². The Kier molecular flexibility index (Phi) is 8.85. The molecule has 0 saturated carbocycles. The summed E-state index contributed by atoms with van der Waals surface area (Å²) in [4.78, 5) is 7.94. The lowest BCUT2D eigenvalue weighted by Gasteiger charge is -2.51. The first-order valence-electron chi connectivity index (χ1n) is 15.4. The molecule has 1 N–H and O–H groups in total. The Hall–Kier alpha value is -2.74. The van der Waals surface area contributed by atoms with Gasteiger partial charge in [0.05, 0.1) is 29.3 Å². The molecule has 2 bridgehead atoms. The number of ether oxygens (including phenoxy) is 1. The summed E-state index contributed by atoms with van der Waals surface area (Å²) in [5.74, 6) is 2.13. The Morgan fingerprint density at radius 1 is 1.00 bits per heavy atom. The van der Waals surface area contributed by atoms with Crippen molar-refractivity contribution >= 4 is 20.9 Å². The largest absolute Gasteiger partial charge is 0.497 e. The maximum Gasteiger partial charge on any atom is 0.241 e. The lowest BCUT2D eigenvalue weighted by molar-refractivity contribution is 0.00412. The lowest BCUT2D eigenvalue weighted by atomic mass is 9.73. The number of piperidine rings is 3. The van der Waals surface area contributed by atoms with Gasteiger partial charge in [-0.15, -0.1) is 6.58 Å². The van der Waals surface area contributed by atoms with Crippen molar-refractivity contribution < 1.29 is 13.2 Å². The molecule has 3 fully saturated rings. The minimum absolute atomic E-state index is 0.0119. The van der Waals surface area contributed by atoms with Crippen LogP contribution in [-0.2, 0) is 10.0 Å². The predicted molar refractivity (Wildman–Crippen MR) is 172 cm³/mol. The summed E-state index contributed by atoms with van der Waals surface area (Å²) in [6.07, 6.45) is 4.10. The second kappa shape index (κ2) is 12.1. The molecular formula is C35H47N3O3S. The van der Waals surface area contributed by atoms with E-state index in [0.29, 0.717) is 22.6 Å². The van der Waals surface area contributed by atoms with Gasteiger partial charge in [-0.1, -0.05) is 65.8 Å². The SMILES string of the molecule is C=CC1CN2CCC1CC2C(NS(=O)(=O)c1c(C(C)C)cc(C(C)C)cc1C(C)C)c1ccc2cc(OC)ccc2n1. The molecule has 226 valence electrons. The summed E-state index contributed by atoms with van der Waals surface area (Å²) in [5.41, 5.74) is 4.51. The molecule has 3 saturated heterocycles. The van der Waals surface area contributed by atoms with Crippen molar-refractivity contribution in [3.63, 3.8) is 0 Å². The summed E-state index contributed by atoms with van der Waals surface area (Å²) in [5, 5.41) is 0.963. The van der Waals surface area contributed by atoms with Gasteiger partial charge in [-0.25, -0.2) is 13.1 Å². The number of nitrogens with zero attached hydrogens (tertiary/aromatic N) is 2. The minimum Gasteiger partial charge on any atom is -0.497 e. The smallest absolute Gasteiger partial charge is 0.241 e. The average molecular weight is 590 g/mol. The summed E-state index contributed by atoms with van der Waals surface area (Å²) >= 11 is 0. The van der Waals surface area contributed by atoms with Gasteiger partial charge in [-0.05, 0) is 89.9 Å². The molecule has 7 heteroatoms. The number of fused-ring (bicyclic) bond motifs is 4. The second-order valence-electron chi connectivity index (χ2n) is 13.1. The van der Waals surface area contributed by atoms with E-state index >= 15 is 0 Å². The third-order valence-electron chi connectivity index (χ3n) is 9.41. The van der Waals surface area contributed by atoms with E-state index in [1.165, 1.54) is 5.56 Å². The van der Waals surface area contributed by atoms with Crippen LogP contribution in [0.15, 0.2) is 60.0 Å². The number of sulfonamides is 1. The van der Waals surface area contributed by atoms with E-state index in [0.717, 1.165) is 59.4 Å². The molecule has 0 aliphatic carbocycles. The molecule has 3 aromatic rings. The van der Waals surface area contributed by atoms with Crippen LogP contribution in [0.5, 0.6) is 5.75 Å². The maximum atomic E-state index is 14.7. The molecule has 4 heterocycles. The third-order valence-corrected chi connectivity index (χ3v) is 11.0. The van der Waals surface area contributed by atoms with Gasteiger partial charge in [0.15, 0.2) is 0 Å². The predicted octanol–water partition coefficient (Wildman–Crippen LogP) is 7.53. The zero-order chi connectivity index (χ0) is 30.3. The molecule has 6 rings (SSSR count). The lowest BCUT2D eigenvalue weighted by Crippen LogP contribution is -2.57. The maximum absolute atomic E-state index is 14.7. The first kappa shape index (κ1) is 30.7.